The summed E-state index contributed by atoms with van der Waals surface area (Å²) in [4.78, 5) is 27.0. The summed E-state index contributed by atoms with van der Waals surface area (Å²) in [5.41, 5.74) is 16.9. The molecule has 386 valence electrons. The highest BCUT2D eigenvalue weighted by molar-refractivity contribution is 5.82. The smallest absolute Gasteiger partial charge is 0.203 e. The highest BCUT2D eigenvalue weighted by Crippen LogP contribution is 2.40. The average molecular weight is 987 g/mol. The number of unbranched alkanes of at least 4 members (excludes halogenated alkanes) is 11. The fourth-order valence-electron chi connectivity index (χ4n) is 8.75. The molecule has 72 heavy (non-hydrogen) atoms. The molecule has 0 amide bonds. The van der Waals surface area contributed by atoms with Crippen LogP contribution in [-0.2, 0) is 25.9 Å². The van der Waals surface area contributed by atoms with Crippen LogP contribution in [0, 0.1) is 23.7 Å². The van der Waals surface area contributed by atoms with Crippen molar-refractivity contribution in [3.8, 4) is 58.2 Å². The van der Waals surface area contributed by atoms with E-state index in [2.05, 4.69) is 63.4 Å². The van der Waals surface area contributed by atoms with E-state index >= 15 is 0 Å². The second-order valence-corrected chi connectivity index (χ2v) is 17.4. The molecular weight excluding hydrogens is 913 g/mol. The number of rotatable bonds is 31. The zero-order chi connectivity index (χ0) is 50.9. The maximum absolute atomic E-state index is 6.19. The minimum Gasteiger partial charge on any atom is -0.493 e. The number of hydrogen-bond donors (Lipinski definition) is 4. The molecule has 0 saturated heterocycles. The Morgan fingerprint density at radius 3 is 1.17 bits per heavy atom. The Morgan fingerprint density at radius 2 is 0.819 bits per heavy atom. The average Bonchev–Trinajstić information content (AvgIpc) is 3.94. The van der Waals surface area contributed by atoms with E-state index in [0.29, 0.717) is 96.2 Å². The summed E-state index contributed by atoms with van der Waals surface area (Å²) in [5, 5.41) is 6.97. The molecule has 0 atom stereocenters. The number of nitrogens with two attached hydrogens (primary N) is 2. The number of nitrogen functional groups attached to an aromatic ring is 2. The van der Waals surface area contributed by atoms with Gasteiger partial charge in [0.1, 0.15) is 24.3 Å². The van der Waals surface area contributed by atoms with Gasteiger partial charge in [-0.2, -0.15) is 0 Å². The van der Waals surface area contributed by atoms with Gasteiger partial charge in [-0.25, -0.2) is 29.9 Å². The molecule has 0 aliphatic heterocycles. The SMILES string of the molecule is COc1cc(Cc2nc3c(N)ncnc3n2CCCC#CCNCCCCCCCCCCCCNCC#CCCCn2c(Cc3cc(OC)c(OC)c(OC)c3)nc3c(N)ncnc32)cc(OC)c1OC. The number of ether oxygens (including phenoxy) is 6. The predicted molar refractivity (Wildman–Crippen MR) is 283 cm³/mol. The monoisotopic (exact) mass is 987 g/mol. The third kappa shape index (κ3) is 15.2. The Balaban J connectivity index is 0.765. The van der Waals surface area contributed by atoms with Crippen molar-refractivity contribution < 1.29 is 28.4 Å². The molecule has 6 rings (SSSR count). The summed E-state index contributed by atoms with van der Waals surface area (Å²) >= 11 is 0. The molecular formula is C54H74N12O6. The number of benzene rings is 2. The first-order valence-corrected chi connectivity index (χ1v) is 25.2. The number of anilines is 2. The molecule has 0 unspecified atom stereocenters. The van der Waals surface area contributed by atoms with Crippen molar-refractivity contribution in [3.63, 3.8) is 0 Å². The Hall–Kier alpha value is -7.02. The highest BCUT2D eigenvalue weighted by Gasteiger charge is 2.20. The number of aromatic nitrogens is 8. The summed E-state index contributed by atoms with van der Waals surface area (Å²) in [7, 11) is 9.62. The highest BCUT2D eigenvalue weighted by atomic mass is 16.5. The van der Waals surface area contributed by atoms with Crippen LogP contribution in [0.5, 0.6) is 34.5 Å². The molecule has 0 aliphatic carbocycles. The fourth-order valence-corrected chi connectivity index (χ4v) is 8.75. The molecule has 18 nitrogen and oxygen atoms in total. The molecule has 4 aromatic heterocycles. The lowest BCUT2D eigenvalue weighted by atomic mass is 10.1. The summed E-state index contributed by atoms with van der Waals surface area (Å²) < 4.78 is 37.5. The van der Waals surface area contributed by atoms with E-state index in [9.17, 15) is 0 Å². The van der Waals surface area contributed by atoms with Crippen LogP contribution >= 0.6 is 0 Å². The molecule has 4 heterocycles. The number of nitrogens with zero attached hydrogens (tertiary/aromatic N) is 8. The van der Waals surface area contributed by atoms with Gasteiger partial charge in [-0.3, -0.25) is 0 Å². The zero-order valence-corrected chi connectivity index (χ0v) is 43.2. The van der Waals surface area contributed by atoms with E-state index in [1.165, 1.54) is 76.9 Å². The Kier molecular flexibility index (Phi) is 22.1. The fraction of sp³-hybridized carbons (Fsp3) is 0.519. The molecule has 0 fully saturated rings. The van der Waals surface area contributed by atoms with Crippen LogP contribution in [0.4, 0.5) is 11.6 Å². The Morgan fingerprint density at radius 1 is 0.458 bits per heavy atom. The van der Waals surface area contributed by atoms with Crippen molar-refractivity contribution in [1.82, 2.24) is 49.7 Å². The normalized spacial score (nSPS) is 11.0. The van der Waals surface area contributed by atoms with Crippen LogP contribution in [0.25, 0.3) is 22.3 Å². The van der Waals surface area contributed by atoms with Crippen LogP contribution in [0.3, 0.4) is 0 Å². The number of nitrogens with one attached hydrogen (secondary N) is 2. The van der Waals surface area contributed by atoms with Crippen LogP contribution in [0.15, 0.2) is 36.9 Å². The van der Waals surface area contributed by atoms with Crippen molar-refractivity contribution in [2.45, 2.75) is 116 Å². The van der Waals surface area contributed by atoms with Gasteiger partial charge in [-0.05, 0) is 74.2 Å². The topological polar surface area (TPSA) is 219 Å². The minimum atomic E-state index is 0.360. The van der Waals surface area contributed by atoms with Crippen molar-refractivity contribution in [2.75, 3.05) is 80.3 Å². The largest absolute Gasteiger partial charge is 0.493 e. The molecule has 2 aromatic carbocycles. The maximum Gasteiger partial charge on any atom is 0.203 e. The Bertz CT molecular complexity index is 2530. The van der Waals surface area contributed by atoms with Gasteiger partial charge in [-0.1, -0.05) is 63.2 Å². The van der Waals surface area contributed by atoms with Crippen molar-refractivity contribution in [2.24, 2.45) is 0 Å². The number of imidazole rings is 2. The van der Waals surface area contributed by atoms with E-state index in [-0.39, 0.29) is 0 Å². The first-order chi connectivity index (χ1) is 35.3. The van der Waals surface area contributed by atoms with E-state index in [0.717, 1.165) is 72.8 Å². The van der Waals surface area contributed by atoms with Gasteiger partial charge < -0.3 is 59.7 Å². The lowest BCUT2D eigenvalue weighted by molar-refractivity contribution is 0.324. The van der Waals surface area contributed by atoms with E-state index < -0.39 is 0 Å². The van der Waals surface area contributed by atoms with Crippen LogP contribution in [0.2, 0.25) is 0 Å². The zero-order valence-electron chi connectivity index (χ0n) is 43.2. The molecule has 6 N–H and O–H groups in total. The summed E-state index contributed by atoms with van der Waals surface area (Å²) in [6, 6.07) is 7.74. The third-order valence-corrected chi connectivity index (χ3v) is 12.5. The number of hydrogen-bond acceptors (Lipinski definition) is 16. The Labute approximate surface area is 424 Å². The van der Waals surface area contributed by atoms with Crippen molar-refractivity contribution >= 4 is 34.0 Å². The second-order valence-electron chi connectivity index (χ2n) is 17.4. The third-order valence-electron chi connectivity index (χ3n) is 12.5. The van der Waals surface area contributed by atoms with E-state index in [1.807, 2.05) is 24.3 Å². The van der Waals surface area contributed by atoms with E-state index in [1.54, 1.807) is 42.7 Å². The molecule has 18 heteroatoms. The van der Waals surface area contributed by atoms with Gasteiger partial charge in [0, 0.05) is 38.8 Å². The van der Waals surface area contributed by atoms with Gasteiger partial charge in [0.2, 0.25) is 11.5 Å². The lowest BCUT2D eigenvalue weighted by Gasteiger charge is -2.14. The first-order valence-electron chi connectivity index (χ1n) is 25.2. The summed E-state index contributed by atoms with van der Waals surface area (Å²) in [5.74, 6) is 19.1. The standard InChI is InChI=1S/C54H74N12O6/c1-67-41-31-39(32-42(68-2)49(41)71-5)35-45-63-47-51(55)59-37-61-53(47)65(45)29-23-17-15-21-27-57-25-19-13-11-9-7-8-10-12-14-20-26-58-28-22-16-18-24-30-66-46(64-48-52(56)60-38-62-54(48)66)36-40-33-43(69-3)50(72-6)44(34-40)70-4/h31-34,37-38,57-58H,7-14,17-20,23-30,35-36H2,1-6H3,(H2,55,59,61)(H2,56,60,62). The van der Waals surface area contributed by atoms with Crippen LogP contribution in [-0.4, -0.2) is 108 Å². The van der Waals surface area contributed by atoms with Gasteiger partial charge in [0.15, 0.2) is 57.0 Å². The molecule has 6 aromatic rings. The maximum atomic E-state index is 6.19. The molecule has 0 radical (unpaired) electrons. The molecule has 0 spiro atoms. The van der Waals surface area contributed by atoms with Gasteiger partial charge in [-0.15, -0.1) is 11.8 Å². The quantitative estimate of drug-likeness (QED) is 0.0242. The van der Waals surface area contributed by atoms with E-state index in [4.69, 9.17) is 49.9 Å². The lowest BCUT2D eigenvalue weighted by Crippen LogP contribution is -2.15. The van der Waals surface area contributed by atoms with Crippen molar-refractivity contribution in [3.05, 3.63) is 59.7 Å². The van der Waals surface area contributed by atoms with Gasteiger partial charge >= 0.3 is 0 Å². The van der Waals surface area contributed by atoms with Gasteiger partial charge in [0.25, 0.3) is 0 Å². The number of fused-ring (bicyclic) bond motifs is 2. The van der Waals surface area contributed by atoms with Gasteiger partial charge in [0.05, 0.1) is 55.7 Å². The second kappa shape index (κ2) is 29.4. The molecule has 0 saturated carbocycles. The summed E-state index contributed by atoms with van der Waals surface area (Å²) in [6.45, 7) is 4.82. The number of methoxy groups -OCH3 is 6. The molecule has 0 aliphatic rings. The minimum absolute atomic E-state index is 0.360. The van der Waals surface area contributed by atoms with Crippen molar-refractivity contribution in [1.29, 1.82) is 0 Å². The predicted octanol–water partition coefficient (Wildman–Crippen LogP) is 7.71. The first kappa shape index (κ1) is 54.3. The molecule has 0 bridgehead atoms. The van der Waals surface area contributed by atoms with Crippen LogP contribution < -0.4 is 50.5 Å². The summed E-state index contributed by atoms with van der Waals surface area (Å²) in [6.07, 6.45) is 20.0. The number of aryl methyl sites for hydroxylation is 2. The van der Waals surface area contributed by atoms with Crippen LogP contribution in [0.1, 0.15) is 113 Å².